The molecule has 55 heavy (non-hydrogen) atoms. The highest BCUT2D eigenvalue weighted by atomic mass is 16.8. The monoisotopic (exact) mass is 786 g/mol. The van der Waals surface area contributed by atoms with E-state index in [1.807, 2.05) is 13.0 Å². The van der Waals surface area contributed by atoms with Crippen molar-refractivity contribution >= 4 is 0 Å². The average Bonchev–Trinajstić information content (AvgIpc) is 3.16. The fourth-order valence-electron chi connectivity index (χ4n) is 13.1. The molecule has 0 radical (unpaired) electrons. The Morgan fingerprint density at radius 2 is 1.47 bits per heavy atom. The van der Waals surface area contributed by atoms with Crippen molar-refractivity contribution in [3.8, 4) is 0 Å². The molecule has 6 aliphatic rings. The van der Waals surface area contributed by atoms with E-state index in [1.165, 1.54) is 0 Å². The van der Waals surface area contributed by atoms with Crippen LogP contribution >= 0.6 is 0 Å². The molecule has 18 atom stereocenters. The number of hydrogen-bond donors (Lipinski definition) is 10. The molecule has 0 spiro atoms. The maximum Gasteiger partial charge on any atom is 0.187 e. The smallest absolute Gasteiger partial charge is 0.187 e. The first-order chi connectivity index (χ1) is 25.9. The van der Waals surface area contributed by atoms with Gasteiger partial charge < -0.3 is 70.0 Å². The summed E-state index contributed by atoms with van der Waals surface area (Å²) in [6.45, 7) is 9.96. The molecule has 318 valence electrons. The van der Waals surface area contributed by atoms with Gasteiger partial charge in [0.05, 0.1) is 38.6 Å². The van der Waals surface area contributed by atoms with Crippen molar-refractivity contribution in [2.75, 3.05) is 33.0 Å². The van der Waals surface area contributed by atoms with E-state index >= 15 is 0 Å². The third-order valence-corrected chi connectivity index (χ3v) is 16.5. The number of ether oxygens (including phenoxy) is 4. The first kappa shape index (κ1) is 43.8. The van der Waals surface area contributed by atoms with Crippen molar-refractivity contribution in [1.29, 1.82) is 0 Å². The minimum absolute atomic E-state index is 0.0177. The molecule has 6 fully saturated rings. The number of fused-ring (bicyclic) bond motifs is 5. The van der Waals surface area contributed by atoms with Crippen molar-refractivity contribution < 1.29 is 70.0 Å². The minimum Gasteiger partial charge on any atom is -0.396 e. The van der Waals surface area contributed by atoms with Crippen LogP contribution in [0.4, 0.5) is 0 Å². The molecule has 0 unspecified atom stereocenters. The molecule has 2 aliphatic heterocycles. The van der Waals surface area contributed by atoms with Gasteiger partial charge in [0.15, 0.2) is 12.6 Å². The van der Waals surface area contributed by atoms with E-state index in [9.17, 15) is 51.1 Å². The van der Waals surface area contributed by atoms with E-state index in [4.69, 9.17) is 18.9 Å². The van der Waals surface area contributed by atoms with Crippen LogP contribution in [0.25, 0.3) is 0 Å². The molecule has 6 rings (SSSR count). The summed E-state index contributed by atoms with van der Waals surface area (Å²) in [6.07, 6.45) is -4.73. The zero-order valence-electron chi connectivity index (χ0n) is 33.4. The minimum atomic E-state index is -1.71. The van der Waals surface area contributed by atoms with Crippen LogP contribution < -0.4 is 0 Å². The van der Waals surface area contributed by atoms with Crippen molar-refractivity contribution in [3.63, 3.8) is 0 Å². The van der Waals surface area contributed by atoms with E-state index in [2.05, 4.69) is 27.7 Å². The molecule has 0 aromatic carbocycles. The third-order valence-electron chi connectivity index (χ3n) is 16.5. The molecule has 0 bridgehead atoms. The summed E-state index contributed by atoms with van der Waals surface area (Å²) in [5.74, 6) is 0.317. The maximum absolute atomic E-state index is 12.2. The Kier molecular flexibility index (Phi) is 13.0. The Labute approximate surface area is 325 Å². The van der Waals surface area contributed by atoms with Gasteiger partial charge in [-0.3, -0.25) is 0 Å². The highest BCUT2D eigenvalue weighted by Gasteiger charge is 2.71. The van der Waals surface area contributed by atoms with Crippen molar-refractivity contribution in [3.05, 3.63) is 11.6 Å². The Balaban J connectivity index is 1.20. The zero-order chi connectivity index (χ0) is 40.3. The second-order valence-corrected chi connectivity index (χ2v) is 19.3. The summed E-state index contributed by atoms with van der Waals surface area (Å²) >= 11 is 0. The Hall–Kier alpha value is -0.820. The first-order valence-electron chi connectivity index (χ1n) is 20.7. The van der Waals surface area contributed by atoms with Gasteiger partial charge in [-0.25, -0.2) is 0 Å². The van der Waals surface area contributed by atoms with Crippen molar-refractivity contribution in [1.82, 2.24) is 0 Å². The predicted octanol–water partition coefficient (Wildman–Crippen LogP) is 0.735. The van der Waals surface area contributed by atoms with Crippen LogP contribution in [0.1, 0.15) is 98.8 Å². The van der Waals surface area contributed by atoms with Crippen molar-refractivity contribution in [2.24, 2.45) is 44.8 Å². The number of allylic oxidation sites excluding steroid dienone is 1. The largest absolute Gasteiger partial charge is 0.396 e. The van der Waals surface area contributed by atoms with Gasteiger partial charge in [0.2, 0.25) is 0 Å². The molecule has 2 heterocycles. The molecular formula is C41H70O14. The highest BCUT2D eigenvalue weighted by molar-refractivity contribution is 5.19. The lowest BCUT2D eigenvalue weighted by Gasteiger charge is -2.73. The van der Waals surface area contributed by atoms with E-state index in [-0.39, 0.29) is 61.1 Å². The van der Waals surface area contributed by atoms with E-state index in [0.717, 1.165) is 44.1 Å². The van der Waals surface area contributed by atoms with Gasteiger partial charge in [-0.05, 0) is 105 Å². The second kappa shape index (κ2) is 16.3. The maximum atomic E-state index is 12.2. The highest BCUT2D eigenvalue weighted by Crippen LogP contribution is 2.75. The lowest BCUT2D eigenvalue weighted by Crippen LogP contribution is -2.69. The third kappa shape index (κ3) is 7.09. The van der Waals surface area contributed by atoms with Crippen LogP contribution in [0, 0.1) is 44.8 Å². The van der Waals surface area contributed by atoms with Gasteiger partial charge in [0.1, 0.15) is 42.7 Å². The summed E-state index contributed by atoms with van der Waals surface area (Å²) in [4.78, 5) is 0. The van der Waals surface area contributed by atoms with Crippen LogP contribution in [-0.4, -0.2) is 152 Å². The Morgan fingerprint density at radius 1 is 0.745 bits per heavy atom. The molecule has 10 N–H and O–H groups in total. The SMILES string of the molecule is C/C(=C/CC[C@]1(CO)CC[C@]2(CO)[C@H](CC[C@@H]3[C@@]4(C)CC[C@H](O[C@H]5OC[C@H](O)[C@H](O)[C@@H]5O[C@@H]5O[C@H](CO)[C@H](O)[C@H](O)[C@H]5O)C(C)(C)[C@@H]4CC[C@]32C)[C@H]1O)CO. The van der Waals surface area contributed by atoms with E-state index in [0.29, 0.717) is 25.7 Å². The van der Waals surface area contributed by atoms with Gasteiger partial charge in [-0.15, -0.1) is 0 Å². The van der Waals surface area contributed by atoms with Crippen molar-refractivity contribution in [2.45, 2.75) is 166 Å². The zero-order valence-corrected chi connectivity index (χ0v) is 33.4. The van der Waals surface area contributed by atoms with Crippen LogP contribution in [0.15, 0.2) is 11.6 Å². The van der Waals surface area contributed by atoms with Crippen LogP contribution in [-0.2, 0) is 18.9 Å². The molecule has 4 aliphatic carbocycles. The van der Waals surface area contributed by atoms with Gasteiger partial charge in [0.25, 0.3) is 0 Å². The topological polar surface area (TPSA) is 239 Å². The predicted molar refractivity (Wildman–Crippen MR) is 198 cm³/mol. The molecule has 2 saturated heterocycles. The molecule has 14 heteroatoms. The Morgan fingerprint density at radius 3 is 2.13 bits per heavy atom. The van der Waals surface area contributed by atoms with Crippen LogP contribution in [0.3, 0.4) is 0 Å². The molecule has 0 amide bonds. The fraction of sp³-hybridized carbons (Fsp3) is 0.951. The number of aliphatic hydroxyl groups is 10. The lowest BCUT2D eigenvalue weighted by atomic mass is 9.32. The Bertz CT molecular complexity index is 1350. The van der Waals surface area contributed by atoms with Gasteiger partial charge in [-0.2, -0.15) is 0 Å². The average molecular weight is 787 g/mol. The lowest BCUT2D eigenvalue weighted by molar-refractivity contribution is -0.367. The van der Waals surface area contributed by atoms with Crippen LogP contribution in [0.2, 0.25) is 0 Å². The molecule has 0 aromatic rings. The van der Waals surface area contributed by atoms with Gasteiger partial charge >= 0.3 is 0 Å². The normalized spacial score (nSPS) is 51.5. The summed E-state index contributed by atoms with van der Waals surface area (Å²) < 4.78 is 24.2. The molecular weight excluding hydrogens is 716 g/mol. The van der Waals surface area contributed by atoms with Gasteiger partial charge in [-0.1, -0.05) is 39.3 Å². The van der Waals surface area contributed by atoms with E-state index in [1.54, 1.807) is 0 Å². The van der Waals surface area contributed by atoms with Gasteiger partial charge in [0, 0.05) is 17.4 Å². The summed E-state index contributed by atoms with van der Waals surface area (Å²) in [5.41, 5.74) is -1.07. The first-order valence-corrected chi connectivity index (χ1v) is 20.7. The second-order valence-electron chi connectivity index (χ2n) is 19.3. The molecule has 4 saturated carbocycles. The number of rotatable bonds is 11. The fourth-order valence-corrected chi connectivity index (χ4v) is 13.1. The summed E-state index contributed by atoms with van der Waals surface area (Å²) in [5, 5.41) is 106. The van der Waals surface area contributed by atoms with Crippen LogP contribution in [0.5, 0.6) is 0 Å². The summed E-state index contributed by atoms with van der Waals surface area (Å²) in [6, 6.07) is 0. The molecule has 0 aromatic heterocycles. The summed E-state index contributed by atoms with van der Waals surface area (Å²) in [7, 11) is 0. The standard InChI is InChI=1S/C41H70O14/c1-22(17-42)7-6-12-40(20-44)15-16-41(21-45)23(34(40)51)8-9-27-38(4)13-11-28(37(2,3)26(38)10-14-39(27,41)5)54-36-33(29(47)24(46)19-52-36)55-35-32(50)31(49)30(48)25(18-43)53-35/h7,23-36,42-51H,6,8-21H2,1-5H3/b22-7-/t23-,24+,25-,26+,27-,28+,29+,30+,31+,32-,33+,34-,35+,36-,38+,39-,40-,41+/m1/s1. The number of aliphatic hydroxyl groups excluding tert-OH is 10. The quantitative estimate of drug-likeness (QED) is 0.103. The van der Waals surface area contributed by atoms with E-state index < -0.39 is 84.3 Å². The molecule has 14 nitrogen and oxygen atoms in total. The number of hydrogen-bond acceptors (Lipinski definition) is 14.